The Hall–Kier alpha value is -1.92. The molecule has 0 bridgehead atoms. The molecule has 1 aromatic heterocycles. The Labute approximate surface area is 152 Å². The van der Waals surface area contributed by atoms with E-state index in [0.29, 0.717) is 11.0 Å². The molecule has 6 nitrogen and oxygen atoms in total. The number of carboxylic acid groups (broad SMARTS) is 1. The maximum atomic E-state index is 11.4. The molecule has 6 heteroatoms. The predicted octanol–water partition coefficient (Wildman–Crippen LogP) is 2.76. The van der Waals surface area contributed by atoms with Crippen LogP contribution in [0.15, 0.2) is 18.2 Å². The van der Waals surface area contributed by atoms with Crippen LogP contribution in [0.1, 0.15) is 42.4 Å². The Balaban J connectivity index is 1.46. The summed E-state index contributed by atoms with van der Waals surface area (Å²) in [7, 11) is 0. The van der Waals surface area contributed by atoms with E-state index in [2.05, 4.69) is 16.4 Å². The van der Waals surface area contributed by atoms with Gasteiger partial charge >= 0.3 is 5.97 Å². The average molecular weight is 355 g/mol. The number of benzene rings is 1. The number of carbonyl (C=O) groups is 1. The molecule has 2 aromatic rings. The van der Waals surface area contributed by atoms with E-state index in [4.69, 9.17) is 9.72 Å². The van der Waals surface area contributed by atoms with E-state index < -0.39 is 5.97 Å². The van der Waals surface area contributed by atoms with E-state index in [-0.39, 0.29) is 6.10 Å². The number of piperidine rings is 1. The summed E-state index contributed by atoms with van der Waals surface area (Å²) < 4.78 is 7.82. The van der Waals surface area contributed by atoms with Gasteiger partial charge in [-0.05, 0) is 55.3 Å². The van der Waals surface area contributed by atoms with E-state index in [1.165, 1.54) is 12.8 Å². The molecule has 2 aliphatic heterocycles. The van der Waals surface area contributed by atoms with Gasteiger partial charge in [-0.2, -0.15) is 0 Å². The molecule has 1 N–H and O–H groups in total. The number of rotatable bonds is 5. The van der Waals surface area contributed by atoms with Crippen molar-refractivity contribution < 1.29 is 14.6 Å². The van der Waals surface area contributed by atoms with Gasteiger partial charge in [-0.15, -0.1) is 0 Å². The summed E-state index contributed by atoms with van der Waals surface area (Å²) in [6, 6.07) is 5.22. The van der Waals surface area contributed by atoms with Gasteiger partial charge in [0.1, 0.15) is 5.82 Å². The van der Waals surface area contributed by atoms with Crippen LogP contribution in [0.3, 0.4) is 0 Å². The highest BCUT2D eigenvalue weighted by molar-refractivity contribution is 5.92. The molecule has 5 rings (SSSR count). The van der Waals surface area contributed by atoms with Crippen LogP contribution < -0.4 is 0 Å². The zero-order chi connectivity index (χ0) is 17.9. The predicted molar refractivity (Wildman–Crippen MR) is 97.2 cm³/mol. The van der Waals surface area contributed by atoms with Gasteiger partial charge in [0.2, 0.25) is 0 Å². The molecular weight excluding hydrogens is 330 g/mol. The zero-order valence-corrected chi connectivity index (χ0v) is 15.1. The van der Waals surface area contributed by atoms with Gasteiger partial charge < -0.3 is 14.4 Å². The van der Waals surface area contributed by atoms with E-state index in [1.54, 1.807) is 12.1 Å². The molecule has 0 spiro atoms. The SMILES string of the molecule is CC12CCN(Cc3nc4ccc(C(=O)O)cc4n3C[C@@H]3CCO3)CC1C2. The second-order valence-corrected chi connectivity index (χ2v) is 8.47. The number of ether oxygens (including phenoxy) is 1. The summed E-state index contributed by atoms with van der Waals surface area (Å²) in [5, 5.41) is 9.34. The molecule has 3 fully saturated rings. The van der Waals surface area contributed by atoms with Crippen molar-refractivity contribution in [2.45, 2.75) is 45.4 Å². The molecule has 3 atom stereocenters. The van der Waals surface area contributed by atoms with Crippen molar-refractivity contribution in [2.75, 3.05) is 19.7 Å². The van der Waals surface area contributed by atoms with Crippen LogP contribution in [-0.2, 0) is 17.8 Å². The van der Waals surface area contributed by atoms with Gasteiger partial charge in [-0.3, -0.25) is 4.90 Å². The summed E-state index contributed by atoms with van der Waals surface area (Å²) in [5.41, 5.74) is 2.68. The minimum atomic E-state index is -0.898. The monoisotopic (exact) mass is 355 g/mol. The highest BCUT2D eigenvalue weighted by Crippen LogP contribution is 2.57. The van der Waals surface area contributed by atoms with E-state index in [9.17, 15) is 9.90 Å². The number of aromatic carboxylic acids is 1. The molecule has 2 saturated heterocycles. The second-order valence-electron chi connectivity index (χ2n) is 8.47. The van der Waals surface area contributed by atoms with Crippen LogP contribution in [0, 0.1) is 11.3 Å². The van der Waals surface area contributed by atoms with Gasteiger partial charge in [-0.25, -0.2) is 9.78 Å². The molecule has 1 aliphatic carbocycles. The number of imidazole rings is 1. The van der Waals surface area contributed by atoms with Crippen LogP contribution in [0.4, 0.5) is 0 Å². The fourth-order valence-corrected chi connectivity index (χ4v) is 4.52. The maximum Gasteiger partial charge on any atom is 0.335 e. The summed E-state index contributed by atoms with van der Waals surface area (Å²) in [5.74, 6) is 0.968. The van der Waals surface area contributed by atoms with E-state index in [0.717, 1.165) is 62.0 Å². The smallest absolute Gasteiger partial charge is 0.335 e. The normalized spacial score (nSPS) is 30.8. The first-order valence-corrected chi connectivity index (χ1v) is 9.58. The third-order valence-electron chi connectivity index (χ3n) is 6.63. The van der Waals surface area contributed by atoms with Gasteiger partial charge in [0, 0.05) is 13.2 Å². The molecule has 2 unspecified atom stereocenters. The van der Waals surface area contributed by atoms with Crippen LogP contribution in [-0.4, -0.2) is 51.3 Å². The molecule has 0 amide bonds. The quantitative estimate of drug-likeness (QED) is 0.893. The highest BCUT2D eigenvalue weighted by Gasteiger charge is 2.52. The Morgan fingerprint density at radius 2 is 2.31 bits per heavy atom. The Morgan fingerprint density at radius 3 is 3.00 bits per heavy atom. The summed E-state index contributed by atoms with van der Waals surface area (Å²) in [4.78, 5) is 18.7. The van der Waals surface area contributed by atoms with Crippen molar-refractivity contribution >= 4 is 17.0 Å². The topological polar surface area (TPSA) is 67.6 Å². The number of likely N-dealkylation sites (tertiary alicyclic amines) is 1. The van der Waals surface area contributed by atoms with Crippen molar-refractivity contribution in [1.29, 1.82) is 0 Å². The summed E-state index contributed by atoms with van der Waals surface area (Å²) in [6.07, 6.45) is 3.90. The molecular formula is C20H25N3O3. The molecule has 3 heterocycles. The first kappa shape index (κ1) is 16.3. The fourth-order valence-electron chi connectivity index (χ4n) is 4.52. The number of fused-ring (bicyclic) bond motifs is 2. The van der Waals surface area contributed by atoms with Gasteiger partial charge in [0.15, 0.2) is 0 Å². The van der Waals surface area contributed by atoms with E-state index in [1.807, 2.05) is 6.07 Å². The fraction of sp³-hybridized carbons (Fsp3) is 0.600. The third-order valence-corrected chi connectivity index (χ3v) is 6.63. The second kappa shape index (κ2) is 5.79. The Kier molecular flexibility index (Phi) is 3.62. The number of hydrogen-bond donors (Lipinski definition) is 1. The third kappa shape index (κ3) is 2.72. The average Bonchev–Trinajstić information content (AvgIpc) is 3.13. The van der Waals surface area contributed by atoms with Crippen molar-refractivity contribution in [1.82, 2.24) is 14.5 Å². The minimum Gasteiger partial charge on any atom is -0.478 e. The Morgan fingerprint density at radius 1 is 1.46 bits per heavy atom. The largest absolute Gasteiger partial charge is 0.478 e. The molecule has 0 radical (unpaired) electrons. The lowest BCUT2D eigenvalue weighted by Gasteiger charge is -2.31. The maximum absolute atomic E-state index is 11.4. The van der Waals surface area contributed by atoms with Crippen molar-refractivity contribution in [3.63, 3.8) is 0 Å². The zero-order valence-electron chi connectivity index (χ0n) is 15.1. The first-order chi connectivity index (χ1) is 12.5. The molecule has 138 valence electrons. The van der Waals surface area contributed by atoms with Crippen LogP contribution in [0.2, 0.25) is 0 Å². The van der Waals surface area contributed by atoms with Gasteiger partial charge in [-0.1, -0.05) is 6.92 Å². The van der Waals surface area contributed by atoms with Crippen molar-refractivity contribution in [2.24, 2.45) is 11.3 Å². The van der Waals surface area contributed by atoms with Gasteiger partial charge in [0.25, 0.3) is 0 Å². The summed E-state index contributed by atoms with van der Waals surface area (Å²) in [6.45, 7) is 7.09. The first-order valence-electron chi connectivity index (χ1n) is 9.58. The molecule has 1 aromatic carbocycles. The van der Waals surface area contributed by atoms with Gasteiger partial charge in [0.05, 0.1) is 35.8 Å². The van der Waals surface area contributed by atoms with Crippen molar-refractivity contribution in [3.05, 3.63) is 29.6 Å². The number of carboxylic acids is 1. The standard InChI is InChI=1S/C20H25N3O3/c1-20-5-6-22(10-14(20)9-20)12-18-21-16-3-2-13(19(24)25)8-17(16)23(18)11-15-4-7-26-15/h2-3,8,14-15H,4-7,9-12H2,1H3,(H,24,25)/t14?,15-,20?/m0/s1. The molecule has 3 aliphatic rings. The number of hydrogen-bond acceptors (Lipinski definition) is 4. The minimum absolute atomic E-state index is 0.215. The lowest BCUT2D eigenvalue weighted by molar-refractivity contribution is -0.0592. The van der Waals surface area contributed by atoms with Crippen molar-refractivity contribution in [3.8, 4) is 0 Å². The lowest BCUT2D eigenvalue weighted by atomic mass is 9.98. The Bertz CT molecular complexity index is 873. The number of aromatic nitrogens is 2. The van der Waals surface area contributed by atoms with E-state index >= 15 is 0 Å². The molecule has 26 heavy (non-hydrogen) atoms. The number of nitrogens with zero attached hydrogens (tertiary/aromatic N) is 3. The molecule has 1 saturated carbocycles. The van der Waals surface area contributed by atoms with Crippen LogP contribution >= 0.6 is 0 Å². The van der Waals surface area contributed by atoms with Crippen LogP contribution in [0.5, 0.6) is 0 Å². The van der Waals surface area contributed by atoms with Crippen LogP contribution in [0.25, 0.3) is 11.0 Å². The highest BCUT2D eigenvalue weighted by atomic mass is 16.5. The summed E-state index contributed by atoms with van der Waals surface area (Å²) >= 11 is 0. The lowest BCUT2D eigenvalue weighted by Crippen LogP contribution is -2.36.